The first kappa shape index (κ1) is 25.4. The number of hydrazine groups is 1. The van der Waals surface area contributed by atoms with E-state index in [9.17, 15) is 9.59 Å². The van der Waals surface area contributed by atoms with E-state index >= 15 is 0 Å². The first-order valence-electron chi connectivity index (χ1n) is 12.8. The first-order valence-corrected chi connectivity index (χ1v) is 12.8. The third-order valence-corrected chi connectivity index (χ3v) is 6.96. The van der Waals surface area contributed by atoms with Gasteiger partial charge in [-0.3, -0.25) is 4.79 Å². The molecule has 0 aliphatic carbocycles. The number of benzene rings is 3. The van der Waals surface area contributed by atoms with Gasteiger partial charge in [0.25, 0.3) is 0 Å². The Morgan fingerprint density at radius 1 is 0.972 bits per heavy atom. The van der Waals surface area contributed by atoms with Crippen LogP contribution < -0.4 is 5.84 Å². The van der Waals surface area contributed by atoms with Crippen molar-refractivity contribution in [3.8, 4) is 11.1 Å². The molecule has 1 unspecified atom stereocenters. The monoisotopic (exact) mass is 481 g/mol. The Kier molecular flexibility index (Phi) is 8.34. The molecule has 1 atom stereocenters. The zero-order valence-corrected chi connectivity index (χ0v) is 21.2. The average molecular weight is 482 g/mol. The van der Waals surface area contributed by atoms with E-state index in [2.05, 4.69) is 19.1 Å². The molecule has 0 bridgehead atoms. The third-order valence-electron chi connectivity index (χ3n) is 6.96. The van der Waals surface area contributed by atoms with Gasteiger partial charge in [0.15, 0.2) is 5.78 Å². The van der Waals surface area contributed by atoms with Crippen LogP contribution in [0.2, 0.25) is 0 Å². The summed E-state index contributed by atoms with van der Waals surface area (Å²) in [6.07, 6.45) is 6.45. The number of Topliss-reactive ketones (excluding diaryl/α,β-unsaturated/α-hetero) is 1. The summed E-state index contributed by atoms with van der Waals surface area (Å²) in [6.45, 7) is 4.37. The van der Waals surface area contributed by atoms with Crippen molar-refractivity contribution < 1.29 is 9.59 Å². The van der Waals surface area contributed by atoms with Gasteiger partial charge in [-0.05, 0) is 66.9 Å². The molecule has 0 spiro atoms. The fourth-order valence-electron chi connectivity index (χ4n) is 5.00. The summed E-state index contributed by atoms with van der Waals surface area (Å²) in [4.78, 5) is 27.3. The fraction of sp³-hybridized carbons (Fsp3) is 0.290. The van der Waals surface area contributed by atoms with Crippen LogP contribution in [0.1, 0.15) is 61.0 Å². The molecule has 0 saturated carbocycles. The van der Waals surface area contributed by atoms with Gasteiger partial charge in [-0.15, -0.1) is 0 Å². The molecule has 0 aromatic heterocycles. The van der Waals surface area contributed by atoms with Gasteiger partial charge in [-0.25, -0.2) is 15.6 Å². The Morgan fingerprint density at radius 3 is 2.36 bits per heavy atom. The molecule has 5 nitrogen and oxygen atoms in total. The average Bonchev–Trinajstić information content (AvgIpc) is 2.92. The Labute approximate surface area is 214 Å². The first-order chi connectivity index (χ1) is 17.5. The molecule has 3 aromatic rings. The van der Waals surface area contributed by atoms with Gasteiger partial charge < -0.3 is 4.90 Å². The number of hydrogen-bond donors (Lipinski definition) is 1. The summed E-state index contributed by atoms with van der Waals surface area (Å²) >= 11 is 0. The molecule has 3 aromatic carbocycles. The molecule has 1 fully saturated rings. The number of carbonyl (C=O) groups excluding carboxylic acids is 2. The maximum atomic E-state index is 13.4. The van der Waals surface area contributed by atoms with Gasteiger partial charge in [-0.2, -0.15) is 0 Å². The molecule has 186 valence electrons. The van der Waals surface area contributed by atoms with Crippen LogP contribution in [0, 0.1) is 0 Å². The lowest BCUT2D eigenvalue weighted by Crippen LogP contribution is -2.51. The summed E-state index contributed by atoms with van der Waals surface area (Å²) in [5, 5.41) is 1.25. The number of piperidine rings is 1. The Hall–Kier alpha value is -3.70. The van der Waals surface area contributed by atoms with Crippen LogP contribution in [0.15, 0.2) is 85.1 Å². The molecule has 4 rings (SSSR count). The number of nitrogens with zero attached hydrogens (tertiary/aromatic N) is 2. The predicted molar refractivity (Wildman–Crippen MR) is 146 cm³/mol. The smallest absolute Gasteiger partial charge is 0.320 e. The van der Waals surface area contributed by atoms with Crippen LogP contribution in [0.5, 0.6) is 0 Å². The van der Waals surface area contributed by atoms with Crippen LogP contribution in [0.4, 0.5) is 4.79 Å². The van der Waals surface area contributed by atoms with Crippen LogP contribution in [-0.2, 0) is 6.42 Å². The van der Waals surface area contributed by atoms with Gasteiger partial charge in [0.05, 0.1) is 0 Å². The molecule has 2 amide bonds. The van der Waals surface area contributed by atoms with E-state index in [1.807, 2.05) is 71.6 Å². The summed E-state index contributed by atoms with van der Waals surface area (Å²) in [5.41, 5.74) is 5.84. The number of amides is 2. The third kappa shape index (κ3) is 5.92. The topological polar surface area (TPSA) is 66.6 Å². The van der Waals surface area contributed by atoms with Gasteiger partial charge in [-0.1, -0.05) is 85.8 Å². The molecular weight excluding hydrogens is 446 g/mol. The zero-order valence-electron chi connectivity index (χ0n) is 21.2. The van der Waals surface area contributed by atoms with Gasteiger partial charge in [0.2, 0.25) is 0 Å². The summed E-state index contributed by atoms with van der Waals surface area (Å²) in [6, 6.07) is 26.1. The quantitative estimate of drug-likeness (QED) is 0.177. The largest absolute Gasteiger partial charge is 0.338 e. The lowest BCUT2D eigenvalue weighted by molar-refractivity contribution is 0.101. The number of carbonyl (C=O) groups is 2. The van der Waals surface area contributed by atoms with Crippen molar-refractivity contribution >= 4 is 17.4 Å². The van der Waals surface area contributed by atoms with Crippen LogP contribution >= 0.6 is 0 Å². The number of likely N-dealkylation sites (tertiary alicyclic amines) is 1. The molecule has 2 N–H and O–H groups in total. The SMILES string of the molecule is CC/C(=C\N(N)C(=O)N1CCCCC1Cc1ccccc1)c1ccc(-c2ccccc2C(C)=O)cc1. The highest BCUT2D eigenvalue weighted by Crippen LogP contribution is 2.28. The molecule has 0 radical (unpaired) electrons. The summed E-state index contributed by atoms with van der Waals surface area (Å²) < 4.78 is 0. The van der Waals surface area contributed by atoms with Crippen molar-refractivity contribution in [3.05, 3.63) is 102 Å². The normalized spacial score (nSPS) is 16.0. The molecule has 5 heteroatoms. The highest BCUT2D eigenvalue weighted by molar-refractivity contribution is 6.00. The number of ketones is 1. The second-order valence-electron chi connectivity index (χ2n) is 9.41. The fourth-order valence-corrected chi connectivity index (χ4v) is 5.00. The van der Waals surface area contributed by atoms with Crippen LogP contribution in [-0.4, -0.2) is 34.3 Å². The Balaban J connectivity index is 1.51. The maximum absolute atomic E-state index is 13.4. The standard InChI is InChI=1S/C31H35N3O2/c1-3-25(26-16-18-27(19-17-26)30-15-8-7-14-29(30)23(2)35)22-34(32)31(36)33-20-10-9-13-28(33)21-24-11-5-4-6-12-24/h4-8,11-12,14-19,22,28H,3,9-10,13,20-21,32H2,1-2H3/b25-22+. The van der Waals surface area contributed by atoms with Crippen LogP contribution in [0.3, 0.4) is 0 Å². The number of urea groups is 1. The molecule has 1 aliphatic rings. The predicted octanol–water partition coefficient (Wildman–Crippen LogP) is 6.70. The van der Waals surface area contributed by atoms with E-state index in [1.54, 1.807) is 13.1 Å². The minimum atomic E-state index is -0.159. The Bertz CT molecular complexity index is 1220. The molecule has 1 saturated heterocycles. The van der Waals surface area contributed by atoms with Gasteiger partial charge in [0, 0.05) is 24.4 Å². The van der Waals surface area contributed by atoms with E-state index in [0.717, 1.165) is 60.9 Å². The highest BCUT2D eigenvalue weighted by Gasteiger charge is 2.29. The number of hydrogen-bond acceptors (Lipinski definition) is 3. The van der Waals surface area contributed by atoms with Crippen molar-refractivity contribution in [1.82, 2.24) is 9.91 Å². The minimum absolute atomic E-state index is 0.0457. The maximum Gasteiger partial charge on any atom is 0.338 e. The number of allylic oxidation sites excluding steroid dienone is 1. The number of nitrogens with two attached hydrogens (primary N) is 1. The van der Waals surface area contributed by atoms with Gasteiger partial charge in [0.1, 0.15) is 0 Å². The summed E-state index contributed by atoms with van der Waals surface area (Å²) in [7, 11) is 0. The molecule has 1 heterocycles. The summed E-state index contributed by atoms with van der Waals surface area (Å²) in [5.74, 6) is 6.37. The number of rotatable bonds is 7. The van der Waals surface area contributed by atoms with Crippen molar-refractivity contribution in [2.75, 3.05) is 6.54 Å². The van der Waals surface area contributed by atoms with Crippen molar-refractivity contribution in [2.45, 2.75) is 52.0 Å². The van der Waals surface area contributed by atoms with E-state index in [0.29, 0.717) is 5.56 Å². The lowest BCUT2D eigenvalue weighted by Gasteiger charge is -2.37. The van der Waals surface area contributed by atoms with E-state index in [-0.39, 0.29) is 17.9 Å². The van der Waals surface area contributed by atoms with Crippen molar-refractivity contribution in [3.63, 3.8) is 0 Å². The van der Waals surface area contributed by atoms with E-state index < -0.39 is 0 Å². The van der Waals surface area contributed by atoms with E-state index in [4.69, 9.17) is 5.84 Å². The molecule has 1 aliphatic heterocycles. The minimum Gasteiger partial charge on any atom is -0.320 e. The van der Waals surface area contributed by atoms with Crippen LogP contribution in [0.25, 0.3) is 16.7 Å². The second-order valence-corrected chi connectivity index (χ2v) is 9.41. The van der Waals surface area contributed by atoms with E-state index in [1.165, 1.54) is 10.6 Å². The second kappa shape index (κ2) is 11.8. The van der Waals surface area contributed by atoms with Gasteiger partial charge >= 0.3 is 6.03 Å². The lowest BCUT2D eigenvalue weighted by atomic mass is 9.95. The Morgan fingerprint density at radius 2 is 1.67 bits per heavy atom. The molecule has 36 heavy (non-hydrogen) atoms. The molecular formula is C31H35N3O2. The van der Waals surface area contributed by atoms with Crippen molar-refractivity contribution in [1.29, 1.82) is 0 Å². The zero-order chi connectivity index (χ0) is 25.5. The highest BCUT2D eigenvalue weighted by atomic mass is 16.2. The van der Waals surface area contributed by atoms with Crippen molar-refractivity contribution in [2.24, 2.45) is 5.84 Å².